The smallest absolute Gasteiger partial charge is 0.306 e. The second kappa shape index (κ2) is 4.91. The molecule has 0 aromatic rings. The molecule has 0 saturated heterocycles. The fraction of sp³-hybridized carbons (Fsp3) is 0.625. The molecule has 0 spiro atoms. The molecule has 0 aromatic carbocycles. The highest BCUT2D eigenvalue weighted by molar-refractivity contribution is 5.67. The second-order valence-electron chi connectivity index (χ2n) is 2.39. The van der Waals surface area contributed by atoms with Crippen molar-refractivity contribution in [3.8, 4) is 0 Å². The minimum Gasteiger partial charge on any atom is -0.481 e. The van der Waals surface area contributed by atoms with E-state index in [9.17, 15) is 4.79 Å². The van der Waals surface area contributed by atoms with Gasteiger partial charge in [-0.15, -0.1) is 0 Å². The summed E-state index contributed by atoms with van der Waals surface area (Å²) in [7, 11) is 0. The largest absolute Gasteiger partial charge is 0.481 e. The van der Waals surface area contributed by atoms with E-state index >= 15 is 0 Å². The summed E-state index contributed by atoms with van der Waals surface area (Å²) in [4.78, 5) is 10.3. The van der Waals surface area contributed by atoms with E-state index < -0.39 is 5.97 Å². The van der Waals surface area contributed by atoms with Crippen LogP contribution in [0.1, 0.15) is 20.3 Å². The molecule has 0 aromatic heterocycles. The summed E-state index contributed by atoms with van der Waals surface area (Å²) in [6, 6.07) is 0. The third kappa shape index (κ3) is 4.56. The highest BCUT2D eigenvalue weighted by Gasteiger charge is 2.12. The first-order chi connectivity index (χ1) is 5.07. The fourth-order valence-electron chi connectivity index (χ4n) is 0.735. The lowest BCUT2D eigenvalue weighted by molar-refractivity contribution is -0.139. The monoisotopic (exact) mass is 158 g/mol. The zero-order valence-electron chi connectivity index (χ0n) is 6.96. The first-order valence-corrected chi connectivity index (χ1v) is 3.56. The van der Waals surface area contributed by atoms with Gasteiger partial charge in [-0.25, -0.2) is 0 Å². The quantitative estimate of drug-likeness (QED) is 0.616. The predicted molar refractivity (Wildman–Crippen MR) is 42.5 cm³/mol. The summed E-state index contributed by atoms with van der Waals surface area (Å²) in [5, 5.41) is 8.44. The molecular weight excluding hydrogens is 144 g/mol. The average Bonchev–Trinajstić information content (AvgIpc) is 1.86. The lowest BCUT2D eigenvalue weighted by atomic mass is 10.1. The van der Waals surface area contributed by atoms with Crippen molar-refractivity contribution in [2.24, 2.45) is 0 Å². The molecule has 0 fully saturated rings. The van der Waals surface area contributed by atoms with Crippen LogP contribution in [0.2, 0.25) is 0 Å². The molecule has 11 heavy (non-hydrogen) atoms. The molecule has 0 aliphatic carbocycles. The van der Waals surface area contributed by atoms with Crippen LogP contribution in [0.5, 0.6) is 0 Å². The molecule has 3 nitrogen and oxygen atoms in total. The average molecular weight is 158 g/mol. The Balaban J connectivity index is 3.89. The molecule has 0 amide bonds. The molecule has 0 heterocycles. The zero-order valence-corrected chi connectivity index (χ0v) is 6.96. The van der Waals surface area contributed by atoms with Crippen LogP contribution in [0, 0.1) is 0 Å². The lowest BCUT2D eigenvalue weighted by Gasteiger charge is -2.13. The number of carboxylic acid groups (broad SMARTS) is 1. The van der Waals surface area contributed by atoms with Crippen molar-refractivity contribution >= 4 is 5.97 Å². The lowest BCUT2D eigenvalue weighted by Crippen LogP contribution is -2.18. The fourth-order valence-corrected chi connectivity index (χ4v) is 0.735. The van der Waals surface area contributed by atoms with Crippen LogP contribution in [-0.2, 0) is 9.53 Å². The standard InChI is InChI=1S/C8H14O3/c1-4-11-7(6(2)3)5-8(9)10/h7H,2,4-5H2,1,3H3,(H,9,10)/t7-/m0/s1. The van der Waals surface area contributed by atoms with Crippen LogP contribution in [0.4, 0.5) is 0 Å². The Kier molecular flexibility index (Phi) is 4.54. The first-order valence-electron chi connectivity index (χ1n) is 3.56. The first kappa shape index (κ1) is 10.2. The summed E-state index contributed by atoms with van der Waals surface area (Å²) in [5.74, 6) is -0.855. The molecule has 1 atom stereocenters. The Labute approximate surface area is 66.7 Å². The second-order valence-corrected chi connectivity index (χ2v) is 2.39. The van der Waals surface area contributed by atoms with Gasteiger partial charge in [0.15, 0.2) is 0 Å². The van der Waals surface area contributed by atoms with Crippen molar-refractivity contribution < 1.29 is 14.6 Å². The molecule has 3 heteroatoms. The Morgan fingerprint density at radius 1 is 1.73 bits per heavy atom. The number of aliphatic carboxylic acids is 1. The molecule has 0 aliphatic rings. The van der Waals surface area contributed by atoms with Gasteiger partial charge in [-0.2, -0.15) is 0 Å². The van der Waals surface area contributed by atoms with Gasteiger partial charge in [0.2, 0.25) is 0 Å². The summed E-state index contributed by atoms with van der Waals surface area (Å²) in [6.07, 6.45) is -0.333. The SMILES string of the molecule is C=C(C)[C@H](CC(=O)O)OCC. The van der Waals surface area contributed by atoms with E-state index in [1.165, 1.54) is 0 Å². The maximum Gasteiger partial charge on any atom is 0.306 e. The number of carbonyl (C=O) groups is 1. The van der Waals surface area contributed by atoms with E-state index in [1.807, 2.05) is 6.92 Å². The summed E-state index contributed by atoms with van der Waals surface area (Å²) in [5.41, 5.74) is 0.759. The van der Waals surface area contributed by atoms with E-state index in [4.69, 9.17) is 9.84 Å². The van der Waals surface area contributed by atoms with Gasteiger partial charge in [-0.3, -0.25) is 4.79 Å². The van der Waals surface area contributed by atoms with Gasteiger partial charge in [0.1, 0.15) is 0 Å². The molecule has 1 N–H and O–H groups in total. The van der Waals surface area contributed by atoms with Crippen LogP contribution in [0.15, 0.2) is 12.2 Å². The van der Waals surface area contributed by atoms with Crippen LogP contribution in [0.25, 0.3) is 0 Å². The Bertz CT molecular complexity index is 151. The Hall–Kier alpha value is -0.830. The van der Waals surface area contributed by atoms with Crippen LogP contribution in [0.3, 0.4) is 0 Å². The summed E-state index contributed by atoms with van der Waals surface area (Å²) < 4.78 is 5.13. The van der Waals surface area contributed by atoms with Gasteiger partial charge in [0.05, 0.1) is 12.5 Å². The van der Waals surface area contributed by atoms with Crippen molar-refractivity contribution in [3.63, 3.8) is 0 Å². The van der Waals surface area contributed by atoms with Gasteiger partial charge in [0, 0.05) is 6.61 Å². The molecule has 0 radical (unpaired) electrons. The zero-order chi connectivity index (χ0) is 8.85. The molecular formula is C8H14O3. The van der Waals surface area contributed by atoms with E-state index in [0.717, 1.165) is 5.57 Å². The maximum atomic E-state index is 10.3. The Morgan fingerprint density at radius 3 is 2.55 bits per heavy atom. The molecule has 0 saturated carbocycles. The number of rotatable bonds is 5. The molecule has 0 rings (SSSR count). The van der Waals surface area contributed by atoms with Crippen molar-refractivity contribution in [1.29, 1.82) is 0 Å². The predicted octanol–water partition coefficient (Wildman–Crippen LogP) is 1.44. The normalized spacial score (nSPS) is 12.5. The molecule has 0 unspecified atom stereocenters. The van der Waals surface area contributed by atoms with Crippen molar-refractivity contribution in [2.45, 2.75) is 26.4 Å². The van der Waals surface area contributed by atoms with Gasteiger partial charge in [-0.1, -0.05) is 12.2 Å². The van der Waals surface area contributed by atoms with Crippen LogP contribution in [-0.4, -0.2) is 23.8 Å². The van der Waals surface area contributed by atoms with E-state index in [0.29, 0.717) is 6.61 Å². The van der Waals surface area contributed by atoms with Crippen LogP contribution >= 0.6 is 0 Å². The number of carboxylic acids is 1. The molecule has 0 aliphatic heterocycles. The maximum absolute atomic E-state index is 10.3. The van der Waals surface area contributed by atoms with Crippen molar-refractivity contribution in [2.75, 3.05) is 6.61 Å². The molecule has 0 bridgehead atoms. The summed E-state index contributed by atoms with van der Waals surface area (Å²) in [6.45, 7) is 7.76. The molecule has 64 valence electrons. The minimum absolute atomic E-state index is 0.00315. The van der Waals surface area contributed by atoms with Crippen molar-refractivity contribution in [3.05, 3.63) is 12.2 Å². The van der Waals surface area contributed by atoms with Gasteiger partial charge >= 0.3 is 5.97 Å². The minimum atomic E-state index is -0.855. The van der Waals surface area contributed by atoms with Gasteiger partial charge in [-0.05, 0) is 13.8 Å². The van der Waals surface area contributed by atoms with Crippen molar-refractivity contribution in [1.82, 2.24) is 0 Å². The van der Waals surface area contributed by atoms with E-state index in [2.05, 4.69) is 6.58 Å². The highest BCUT2D eigenvalue weighted by atomic mass is 16.5. The van der Waals surface area contributed by atoms with Gasteiger partial charge in [0.25, 0.3) is 0 Å². The third-order valence-electron chi connectivity index (χ3n) is 1.28. The Morgan fingerprint density at radius 2 is 2.27 bits per heavy atom. The highest BCUT2D eigenvalue weighted by Crippen LogP contribution is 2.07. The topological polar surface area (TPSA) is 46.5 Å². The summed E-state index contributed by atoms with van der Waals surface area (Å²) >= 11 is 0. The number of ether oxygens (including phenoxy) is 1. The van der Waals surface area contributed by atoms with Gasteiger partial charge < -0.3 is 9.84 Å². The van der Waals surface area contributed by atoms with E-state index in [1.54, 1.807) is 6.92 Å². The third-order valence-corrected chi connectivity index (χ3v) is 1.28. The van der Waals surface area contributed by atoms with Crippen LogP contribution < -0.4 is 0 Å². The number of hydrogen-bond donors (Lipinski definition) is 1. The number of hydrogen-bond acceptors (Lipinski definition) is 2. The van der Waals surface area contributed by atoms with E-state index in [-0.39, 0.29) is 12.5 Å².